The number of carbonyl (C=O) groups excluding carboxylic acids is 4. The van der Waals surface area contributed by atoms with Gasteiger partial charge in [0.15, 0.2) is 0 Å². The normalized spacial score (nSPS) is 15.6. The van der Waals surface area contributed by atoms with Crippen LogP contribution in [0.1, 0.15) is 29.6 Å². The molecule has 0 unspecified atom stereocenters. The molecule has 1 aromatic heterocycles. The number of anilines is 3. The Hall–Kier alpha value is -3.95. The summed E-state index contributed by atoms with van der Waals surface area (Å²) in [6, 6.07) is 9.75. The van der Waals surface area contributed by atoms with Gasteiger partial charge in [0.25, 0.3) is 5.91 Å². The van der Waals surface area contributed by atoms with Gasteiger partial charge in [0.05, 0.1) is 12.1 Å². The van der Waals surface area contributed by atoms with Gasteiger partial charge in [-0.3, -0.25) is 19.3 Å². The molecule has 2 aliphatic rings. The molecule has 10 heteroatoms. The van der Waals surface area contributed by atoms with E-state index >= 15 is 0 Å². The van der Waals surface area contributed by atoms with E-state index in [1.165, 1.54) is 0 Å². The topological polar surface area (TPSA) is 124 Å². The summed E-state index contributed by atoms with van der Waals surface area (Å²) in [4.78, 5) is 55.5. The first-order chi connectivity index (χ1) is 15.5. The van der Waals surface area contributed by atoms with Gasteiger partial charge >= 0.3 is 6.03 Å². The van der Waals surface area contributed by atoms with Crippen LogP contribution in [0.15, 0.2) is 42.6 Å². The summed E-state index contributed by atoms with van der Waals surface area (Å²) in [5.74, 6) is -0.216. The predicted octanol–water partition coefficient (Wildman–Crippen LogP) is 1.81. The van der Waals surface area contributed by atoms with E-state index in [0.29, 0.717) is 22.8 Å². The number of carbonyl (C=O) groups is 4. The standard InChI is InChI=1S/C22H24N6O4/c29-18(9-13-28-19(30)14-24-22(28)32)25-15-5-7-16(8-6-15)26-21(31)17-4-3-10-23-20(17)27-11-1-2-12-27/h3-8,10H,1-2,9,11-14H2,(H,24,32)(H,25,29)(H,26,31). The van der Waals surface area contributed by atoms with E-state index < -0.39 is 6.03 Å². The molecular weight excluding hydrogens is 412 g/mol. The van der Waals surface area contributed by atoms with Crippen LogP contribution in [-0.2, 0) is 9.59 Å². The number of rotatable bonds is 7. The summed E-state index contributed by atoms with van der Waals surface area (Å²) < 4.78 is 0. The van der Waals surface area contributed by atoms with Crippen molar-refractivity contribution in [2.24, 2.45) is 0 Å². The zero-order valence-corrected chi connectivity index (χ0v) is 17.5. The lowest BCUT2D eigenvalue weighted by molar-refractivity contribution is -0.125. The van der Waals surface area contributed by atoms with Crippen LogP contribution in [0.3, 0.4) is 0 Å². The van der Waals surface area contributed by atoms with Crippen LogP contribution in [0.4, 0.5) is 22.0 Å². The second kappa shape index (κ2) is 9.46. The molecule has 3 heterocycles. The molecule has 3 N–H and O–H groups in total. The lowest BCUT2D eigenvalue weighted by atomic mass is 10.2. The minimum atomic E-state index is -0.482. The Bertz CT molecular complexity index is 1020. The molecule has 0 bridgehead atoms. The summed E-state index contributed by atoms with van der Waals surface area (Å²) in [6.45, 7) is 1.77. The number of aromatic nitrogens is 1. The third kappa shape index (κ3) is 4.85. The molecule has 32 heavy (non-hydrogen) atoms. The summed E-state index contributed by atoms with van der Waals surface area (Å²) in [7, 11) is 0. The first kappa shape index (κ1) is 21.3. The maximum Gasteiger partial charge on any atom is 0.324 e. The van der Waals surface area contributed by atoms with Crippen molar-refractivity contribution < 1.29 is 19.2 Å². The molecule has 2 aromatic rings. The Morgan fingerprint density at radius 3 is 2.34 bits per heavy atom. The average Bonchev–Trinajstić information content (AvgIpc) is 3.44. The van der Waals surface area contributed by atoms with Gasteiger partial charge in [-0.25, -0.2) is 9.78 Å². The fourth-order valence-electron chi connectivity index (χ4n) is 3.71. The van der Waals surface area contributed by atoms with E-state index in [1.54, 1.807) is 42.6 Å². The van der Waals surface area contributed by atoms with Gasteiger partial charge in [-0.05, 0) is 49.2 Å². The highest BCUT2D eigenvalue weighted by Gasteiger charge is 2.28. The van der Waals surface area contributed by atoms with Crippen LogP contribution in [0.2, 0.25) is 0 Å². The second-order valence-electron chi connectivity index (χ2n) is 7.60. The van der Waals surface area contributed by atoms with Crippen molar-refractivity contribution in [3.8, 4) is 0 Å². The molecule has 4 rings (SSSR count). The molecular formula is C22H24N6O4. The largest absolute Gasteiger partial charge is 0.356 e. The average molecular weight is 436 g/mol. The Labute approximate surface area is 185 Å². The van der Waals surface area contributed by atoms with E-state index in [2.05, 4.69) is 25.8 Å². The van der Waals surface area contributed by atoms with Gasteiger partial charge in [-0.1, -0.05) is 0 Å². The Morgan fingerprint density at radius 1 is 1.00 bits per heavy atom. The van der Waals surface area contributed by atoms with E-state index in [0.717, 1.165) is 30.8 Å². The first-order valence-corrected chi connectivity index (χ1v) is 10.5. The fourth-order valence-corrected chi connectivity index (χ4v) is 3.71. The number of amides is 5. The zero-order valence-electron chi connectivity index (χ0n) is 17.5. The molecule has 2 fully saturated rings. The van der Waals surface area contributed by atoms with Gasteiger partial charge in [0.1, 0.15) is 5.82 Å². The number of benzene rings is 1. The Kier molecular flexibility index (Phi) is 6.29. The van der Waals surface area contributed by atoms with Crippen LogP contribution in [-0.4, -0.2) is 59.8 Å². The van der Waals surface area contributed by atoms with E-state index in [9.17, 15) is 19.2 Å². The molecule has 5 amide bonds. The highest BCUT2D eigenvalue weighted by atomic mass is 16.2. The predicted molar refractivity (Wildman–Crippen MR) is 118 cm³/mol. The van der Waals surface area contributed by atoms with Gasteiger partial charge in [0, 0.05) is 43.6 Å². The summed E-state index contributed by atoms with van der Waals surface area (Å²) >= 11 is 0. The number of hydrogen-bond acceptors (Lipinski definition) is 6. The minimum absolute atomic E-state index is 0.00205. The fraction of sp³-hybridized carbons (Fsp3) is 0.318. The van der Waals surface area contributed by atoms with Crippen molar-refractivity contribution in [2.75, 3.05) is 41.7 Å². The zero-order chi connectivity index (χ0) is 22.5. The number of nitrogens with zero attached hydrogens (tertiary/aromatic N) is 3. The molecule has 0 saturated carbocycles. The van der Waals surface area contributed by atoms with Crippen LogP contribution in [0.25, 0.3) is 0 Å². The number of nitrogens with one attached hydrogen (secondary N) is 3. The molecule has 10 nitrogen and oxygen atoms in total. The minimum Gasteiger partial charge on any atom is -0.356 e. The third-order valence-electron chi connectivity index (χ3n) is 5.36. The van der Waals surface area contributed by atoms with E-state index in [4.69, 9.17) is 0 Å². The van der Waals surface area contributed by atoms with Gasteiger partial charge < -0.3 is 20.9 Å². The lowest BCUT2D eigenvalue weighted by Gasteiger charge is -2.19. The van der Waals surface area contributed by atoms with Crippen LogP contribution >= 0.6 is 0 Å². The molecule has 1 aromatic carbocycles. The van der Waals surface area contributed by atoms with Crippen molar-refractivity contribution >= 4 is 40.9 Å². The van der Waals surface area contributed by atoms with Crippen molar-refractivity contribution in [3.05, 3.63) is 48.2 Å². The lowest BCUT2D eigenvalue weighted by Crippen LogP contribution is -2.33. The van der Waals surface area contributed by atoms with Gasteiger partial charge in [0.2, 0.25) is 11.8 Å². The number of urea groups is 1. The van der Waals surface area contributed by atoms with E-state index in [-0.39, 0.29) is 37.2 Å². The number of pyridine rings is 1. The molecule has 2 saturated heterocycles. The molecule has 0 spiro atoms. The van der Waals surface area contributed by atoms with Gasteiger partial charge in [-0.2, -0.15) is 0 Å². The summed E-state index contributed by atoms with van der Waals surface area (Å²) in [5.41, 5.74) is 1.65. The Morgan fingerprint density at radius 2 is 1.69 bits per heavy atom. The second-order valence-corrected chi connectivity index (χ2v) is 7.60. The molecule has 0 atom stereocenters. The van der Waals surface area contributed by atoms with Crippen LogP contribution in [0, 0.1) is 0 Å². The van der Waals surface area contributed by atoms with Crippen molar-refractivity contribution in [1.82, 2.24) is 15.2 Å². The van der Waals surface area contributed by atoms with Crippen LogP contribution in [0.5, 0.6) is 0 Å². The van der Waals surface area contributed by atoms with E-state index in [1.807, 2.05) is 0 Å². The summed E-state index contributed by atoms with van der Waals surface area (Å²) in [6.07, 6.45) is 3.87. The number of imide groups is 1. The smallest absolute Gasteiger partial charge is 0.324 e. The van der Waals surface area contributed by atoms with Crippen molar-refractivity contribution in [2.45, 2.75) is 19.3 Å². The van der Waals surface area contributed by atoms with Crippen molar-refractivity contribution in [1.29, 1.82) is 0 Å². The highest BCUT2D eigenvalue weighted by Crippen LogP contribution is 2.23. The molecule has 0 aliphatic carbocycles. The molecule has 166 valence electrons. The Balaban J connectivity index is 1.32. The number of hydrogen-bond donors (Lipinski definition) is 3. The van der Waals surface area contributed by atoms with Crippen molar-refractivity contribution in [3.63, 3.8) is 0 Å². The highest BCUT2D eigenvalue weighted by molar-refractivity contribution is 6.07. The SMILES string of the molecule is O=C(CCN1C(=O)CNC1=O)Nc1ccc(NC(=O)c2cccnc2N2CCCC2)cc1. The maximum absolute atomic E-state index is 12.8. The summed E-state index contributed by atoms with van der Waals surface area (Å²) in [5, 5.41) is 7.99. The maximum atomic E-state index is 12.8. The van der Waals surface area contributed by atoms with Gasteiger partial charge in [-0.15, -0.1) is 0 Å². The molecule has 0 radical (unpaired) electrons. The monoisotopic (exact) mass is 436 g/mol. The molecule has 2 aliphatic heterocycles. The first-order valence-electron chi connectivity index (χ1n) is 10.5. The van der Waals surface area contributed by atoms with Crippen LogP contribution < -0.4 is 20.9 Å². The third-order valence-corrected chi connectivity index (χ3v) is 5.36. The quantitative estimate of drug-likeness (QED) is 0.569.